The van der Waals surface area contributed by atoms with Gasteiger partial charge in [0.1, 0.15) is 0 Å². The van der Waals surface area contributed by atoms with E-state index in [1.165, 1.54) is 12.3 Å². The summed E-state index contributed by atoms with van der Waals surface area (Å²) in [5.41, 5.74) is 3.87. The van der Waals surface area contributed by atoms with Crippen LogP contribution in [-0.4, -0.2) is 29.3 Å². The summed E-state index contributed by atoms with van der Waals surface area (Å²) < 4.78 is 5.36. The van der Waals surface area contributed by atoms with Crippen molar-refractivity contribution < 1.29 is 14.8 Å². The van der Waals surface area contributed by atoms with Gasteiger partial charge in [-0.05, 0) is 24.0 Å². The zero-order valence-electron chi connectivity index (χ0n) is 15.7. The van der Waals surface area contributed by atoms with Crippen molar-refractivity contribution in [2.45, 2.75) is 13.0 Å². The standard InChI is InChI=1S/C20H19N5O3/c1-12(26)15-8-16(27)17(28)9-25(15)14-6-4-5-13(7-14)19-18-20(22-11-23(19)2)24(3)10-21-18/h4-12,26H,1-3H3/p+1. The number of hydrogen-bond donors (Lipinski definition) is 2. The molecule has 0 aliphatic heterocycles. The summed E-state index contributed by atoms with van der Waals surface area (Å²) in [5.74, 6) is -0.378. The highest BCUT2D eigenvalue weighted by atomic mass is 16.3. The molecule has 2 N–H and O–H groups in total. The Bertz CT molecular complexity index is 1260. The number of nitrogens with zero attached hydrogens (tertiary/aromatic N) is 5. The third kappa shape index (κ3) is 2.84. The number of rotatable bonds is 3. The third-order valence-electron chi connectivity index (χ3n) is 4.72. The minimum absolute atomic E-state index is 0.378. The second-order valence-corrected chi connectivity index (χ2v) is 6.78. The molecule has 0 amide bonds. The largest absolute Gasteiger partial charge is 0.503 e. The maximum Gasteiger partial charge on any atom is 0.289 e. The van der Waals surface area contributed by atoms with E-state index in [9.17, 15) is 15.0 Å². The van der Waals surface area contributed by atoms with E-state index in [1.54, 1.807) is 24.1 Å². The number of pyridine rings is 1. The van der Waals surface area contributed by atoms with Crippen molar-refractivity contribution in [1.82, 2.24) is 19.1 Å². The Morgan fingerprint density at radius 2 is 2.00 bits per heavy atom. The van der Waals surface area contributed by atoms with Gasteiger partial charge in [0, 0.05) is 24.4 Å². The predicted octanol–water partition coefficient (Wildman–Crippen LogP) is 1.37. The fraction of sp³-hybridized carbons (Fsp3) is 0.200. The summed E-state index contributed by atoms with van der Waals surface area (Å²) in [6.07, 6.45) is 3.90. The smallest absolute Gasteiger partial charge is 0.289 e. The zero-order valence-corrected chi connectivity index (χ0v) is 15.7. The van der Waals surface area contributed by atoms with Gasteiger partial charge in [0.2, 0.25) is 5.43 Å². The quantitative estimate of drug-likeness (QED) is 0.525. The van der Waals surface area contributed by atoms with Gasteiger partial charge >= 0.3 is 0 Å². The summed E-state index contributed by atoms with van der Waals surface area (Å²) in [4.78, 5) is 20.7. The summed E-state index contributed by atoms with van der Waals surface area (Å²) in [6, 6.07) is 8.84. The Morgan fingerprint density at radius 3 is 2.75 bits per heavy atom. The van der Waals surface area contributed by atoms with Gasteiger partial charge in [-0.1, -0.05) is 12.1 Å². The van der Waals surface area contributed by atoms with Gasteiger partial charge in [-0.15, -0.1) is 0 Å². The van der Waals surface area contributed by atoms with Crippen LogP contribution in [0.4, 0.5) is 0 Å². The van der Waals surface area contributed by atoms with E-state index in [4.69, 9.17) is 0 Å². The molecule has 0 saturated carbocycles. The topological polar surface area (TPSA) is 97.0 Å². The molecule has 0 spiro atoms. The van der Waals surface area contributed by atoms with Crippen molar-refractivity contribution in [3.05, 3.63) is 65.1 Å². The monoisotopic (exact) mass is 378 g/mol. The first-order chi connectivity index (χ1) is 13.4. The molecule has 4 rings (SSSR count). The maximum absolute atomic E-state index is 11.8. The molecular weight excluding hydrogens is 358 g/mol. The number of aryl methyl sites for hydroxylation is 2. The van der Waals surface area contributed by atoms with Crippen LogP contribution < -0.4 is 10.00 Å². The van der Waals surface area contributed by atoms with Crippen molar-refractivity contribution >= 4 is 11.2 Å². The number of aromatic hydroxyl groups is 1. The summed E-state index contributed by atoms with van der Waals surface area (Å²) in [7, 11) is 3.79. The van der Waals surface area contributed by atoms with E-state index < -0.39 is 11.5 Å². The predicted molar refractivity (Wildman–Crippen MR) is 103 cm³/mol. The lowest BCUT2D eigenvalue weighted by atomic mass is 10.1. The van der Waals surface area contributed by atoms with Crippen LogP contribution in [0, 0.1) is 0 Å². The van der Waals surface area contributed by atoms with Crippen LogP contribution in [0.25, 0.3) is 28.1 Å². The van der Waals surface area contributed by atoms with E-state index in [1.807, 2.05) is 47.5 Å². The Labute approximate surface area is 160 Å². The van der Waals surface area contributed by atoms with Crippen LogP contribution in [0.2, 0.25) is 0 Å². The summed E-state index contributed by atoms with van der Waals surface area (Å²) in [5, 5.41) is 20.0. The Hall–Kier alpha value is -3.52. The fourth-order valence-electron chi connectivity index (χ4n) is 3.34. The minimum Gasteiger partial charge on any atom is -0.503 e. The second kappa shape index (κ2) is 6.58. The molecule has 8 nitrogen and oxygen atoms in total. The van der Waals surface area contributed by atoms with Crippen molar-refractivity contribution in [2.75, 3.05) is 0 Å². The lowest BCUT2D eigenvalue weighted by molar-refractivity contribution is -0.662. The molecule has 3 aromatic heterocycles. The number of hydrogen-bond acceptors (Lipinski definition) is 5. The molecule has 0 radical (unpaired) electrons. The van der Waals surface area contributed by atoms with Crippen molar-refractivity contribution in [3.63, 3.8) is 0 Å². The zero-order chi connectivity index (χ0) is 20.0. The average Bonchev–Trinajstić information content (AvgIpc) is 3.04. The number of imidazole rings is 1. The van der Waals surface area contributed by atoms with E-state index in [-0.39, 0.29) is 5.75 Å². The van der Waals surface area contributed by atoms with Gasteiger partial charge in [-0.25, -0.2) is 9.55 Å². The highest BCUT2D eigenvalue weighted by Crippen LogP contribution is 2.26. The minimum atomic E-state index is -0.878. The fourth-order valence-corrected chi connectivity index (χ4v) is 3.34. The highest BCUT2D eigenvalue weighted by Gasteiger charge is 2.20. The molecule has 0 fully saturated rings. The molecule has 1 unspecified atom stereocenters. The Balaban J connectivity index is 1.95. The Morgan fingerprint density at radius 1 is 1.21 bits per heavy atom. The molecule has 0 bridgehead atoms. The van der Waals surface area contributed by atoms with Crippen LogP contribution >= 0.6 is 0 Å². The van der Waals surface area contributed by atoms with Crippen LogP contribution in [0.1, 0.15) is 18.7 Å². The van der Waals surface area contributed by atoms with Crippen LogP contribution in [0.5, 0.6) is 5.75 Å². The molecule has 0 saturated heterocycles. The first kappa shape index (κ1) is 17.9. The SMILES string of the molecule is CC(O)c1cc(=O)c(O)cn1-c1cccc(-c2c3ncn(C)c3nc[n+]2C)c1. The lowest BCUT2D eigenvalue weighted by Gasteiger charge is -2.16. The van der Waals surface area contributed by atoms with Gasteiger partial charge in [0.15, 0.2) is 17.0 Å². The molecule has 1 atom stereocenters. The first-order valence-corrected chi connectivity index (χ1v) is 8.77. The third-order valence-corrected chi connectivity index (χ3v) is 4.72. The average molecular weight is 378 g/mol. The van der Waals surface area contributed by atoms with Crippen molar-refractivity contribution in [1.29, 1.82) is 0 Å². The lowest BCUT2D eigenvalue weighted by Crippen LogP contribution is -2.31. The van der Waals surface area contributed by atoms with Crippen molar-refractivity contribution in [2.24, 2.45) is 14.1 Å². The molecule has 1 aromatic carbocycles. The number of aliphatic hydroxyl groups is 1. The highest BCUT2D eigenvalue weighted by molar-refractivity contribution is 5.85. The number of aliphatic hydroxyl groups excluding tert-OH is 1. The summed E-state index contributed by atoms with van der Waals surface area (Å²) >= 11 is 0. The molecule has 28 heavy (non-hydrogen) atoms. The van der Waals surface area contributed by atoms with Gasteiger partial charge in [-0.2, -0.15) is 0 Å². The molecule has 3 heterocycles. The van der Waals surface area contributed by atoms with Crippen LogP contribution in [0.15, 0.2) is 54.0 Å². The van der Waals surface area contributed by atoms with Crippen LogP contribution in [-0.2, 0) is 14.1 Å². The molecular formula is C20H20N5O3+. The number of fused-ring (bicyclic) bond motifs is 1. The number of benzene rings is 1. The first-order valence-electron chi connectivity index (χ1n) is 8.77. The van der Waals surface area contributed by atoms with Crippen molar-refractivity contribution in [3.8, 4) is 22.7 Å². The molecule has 4 aromatic rings. The molecule has 0 aliphatic carbocycles. The van der Waals surface area contributed by atoms with Gasteiger partial charge in [0.25, 0.3) is 12.0 Å². The maximum atomic E-state index is 11.8. The van der Waals surface area contributed by atoms with E-state index in [0.717, 1.165) is 22.4 Å². The van der Waals surface area contributed by atoms with Gasteiger partial charge in [-0.3, -0.25) is 9.36 Å². The van der Waals surface area contributed by atoms with Crippen LogP contribution in [0.3, 0.4) is 0 Å². The van der Waals surface area contributed by atoms with E-state index in [2.05, 4.69) is 9.97 Å². The molecule has 0 aliphatic rings. The molecule has 8 heteroatoms. The van der Waals surface area contributed by atoms with E-state index >= 15 is 0 Å². The second-order valence-electron chi connectivity index (χ2n) is 6.78. The summed E-state index contributed by atoms with van der Waals surface area (Å²) in [6.45, 7) is 1.58. The van der Waals surface area contributed by atoms with E-state index in [0.29, 0.717) is 11.4 Å². The number of aromatic nitrogens is 5. The Kier molecular flexibility index (Phi) is 4.20. The van der Waals surface area contributed by atoms with Gasteiger partial charge in [0.05, 0.1) is 31.4 Å². The van der Waals surface area contributed by atoms with Gasteiger partial charge < -0.3 is 14.8 Å². The normalized spacial score (nSPS) is 12.4. The molecule has 142 valence electrons.